The third-order valence-corrected chi connectivity index (χ3v) is 4.79. The summed E-state index contributed by atoms with van der Waals surface area (Å²) in [5, 5.41) is 3.79. The van der Waals surface area contributed by atoms with Crippen LogP contribution in [0.3, 0.4) is 0 Å². The van der Waals surface area contributed by atoms with Gasteiger partial charge in [0.15, 0.2) is 0 Å². The van der Waals surface area contributed by atoms with Crippen molar-refractivity contribution in [1.29, 1.82) is 0 Å². The van der Waals surface area contributed by atoms with Gasteiger partial charge in [-0.15, -0.1) is 11.8 Å². The number of ether oxygens (including phenoxy) is 2. The maximum Gasteiger partial charge on any atom is 0.308 e. The third kappa shape index (κ3) is 4.88. The lowest BCUT2D eigenvalue weighted by Gasteiger charge is -2.29. The summed E-state index contributed by atoms with van der Waals surface area (Å²) in [6, 6.07) is 5.22. The number of esters is 2. The molecule has 0 aromatic heterocycles. The molecule has 0 aliphatic carbocycles. The maximum atomic E-state index is 12.2. The molecule has 0 radical (unpaired) electrons. The predicted molar refractivity (Wildman–Crippen MR) is 99.6 cm³/mol. The molecule has 140 valence electrons. The van der Waals surface area contributed by atoms with Gasteiger partial charge in [0.05, 0.1) is 0 Å². The highest BCUT2D eigenvalue weighted by atomic mass is 32.2. The third-order valence-electron chi connectivity index (χ3n) is 3.74. The summed E-state index contributed by atoms with van der Waals surface area (Å²) in [4.78, 5) is 35.3. The minimum atomic E-state index is -0.755. The second-order valence-corrected chi connectivity index (χ2v) is 8.05. The Bertz CT molecular complexity index is 751. The topological polar surface area (TPSA) is 81.7 Å². The van der Waals surface area contributed by atoms with Crippen LogP contribution in [0.5, 0.6) is 5.75 Å². The second kappa shape index (κ2) is 7.95. The predicted octanol–water partition coefficient (Wildman–Crippen LogP) is 3.22. The second-order valence-electron chi connectivity index (χ2n) is 7.00. The lowest BCUT2D eigenvalue weighted by atomic mass is 9.84. The summed E-state index contributed by atoms with van der Waals surface area (Å²) < 4.78 is 10.8. The monoisotopic (exact) mass is 377 g/mol. The Labute approximate surface area is 157 Å². The number of rotatable bonds is 4. The SMILES string of the molecule is CC(=O)Oc1ccc(C(OC(C)=O)C2SC=CNC2=O)cc1C(C)(C)C. The van der Waals surface area contributed by atoms with Gasteiger partial charge >= 0.3 is 11.9 Å². The van der Waals surface area contributed by atoms with Crippen LogP contribution < -0.4 is 10.1 Å². The minimum Gasteiger partial charge on any atom is -0.456 e. The maximum absolute atomic E-state index is 12.2. The summed E-state index contributed by atoms with van der Waals surface area (Å²) in [7, 11) is 0. The first kappa shape index (κ1) is 20.0. The molecule has 7 heteroatoms. The molecule has 1 heterocycles. The Balaban J connectivity index is 2.50. The van der Waals surface area contributed by atoms with Crippen molar-refractivity contribution in [3.8, 4) is 5.75 Å². The van der Waals surface area contributed by atoms with Crippen LogP contribution in [-0.4, -0.2) is 23.1 Å². The largest absolute Gasteiger partial charge is 0.456 e. The van der Waals surface area contributed by atoms with Gasteiger partial charge in [0, 0.05) is 25.6 Å². The van der Waals surface area contributed by atoms with E-state index in [1.165, 1.54) is 25.6 Å². The Hall–Kier alpha value is -2.28. The van der Waals surface area contributed by atoms with Crippen molar-refractivity contribution in [2.45, 2.75) is 51.4 Å². The van der Waals surface area contributed by atoms with Crippen molar-refractivity contribution in [2.24, 2.45) is 0 Å². The molecule has 0 saturated heterocycles. The van der Waals surface area contributed by atoms with Crippen molar-refractivity contribution < 1.29 is 23.9 Å². The molecule has 1 aliphatic heterocycles. The molecular formula is C19H23NO5S. The van der Waals surface area contributed by atoms with Crippen LogP contribution in [0.2, 0.25) is 0 Å². The van der Waals surface area contributed by atoms with Gasteiger partial charge in [0.25, 0.3) is 0 Å². The normalized spacial score (nSPS) is 18.0. The quantitative estimate of drug-likeness (QED) is 0.641. The first-order valence-corrected chi connectivity index (χ1v) is 9.15. The molecule has 2 unspecified atom stereocenters. The molecule has 0 saturated carbocycles. The van der Waals surface area contributed by atoms with Gasteiger partial charge in [-0.3, -0.25) is 14.4 Å². The first-order chi connectivity index (χ1) is 12.1. The number of benzene rings is 1. The molecule has 1 N–H and O–H groups in total. The highest BCUT2D eigenvalue weighted by Crippen LogP contribution is 2.38. The fraction of sp³-hybridized carbons (Fsp3) is 0.421. The molecule has 6 nitrogen and oxygen atoms in total. The summed E-state index contributed by atoms with van der Waals surface area (Å²) in [5.74, 6) is -0.660. The van der Waals surface area contributed by atoms with Crippen molar-refractivity contribution in [1.82, 2.24) is 5.32 Å². The minimum absolute atomic E-state index is 0.231. The average Bonchev–Trinajstić information content (AvgIpc) is 2.52. The molecule has 1 amide bonds. The Morgan fingerprint density at radius 2 is 1.88 bits per heavy atom. The Morgan fingerprint density at radius 1 is 1.19 bits per heavy atom. The molecule has 0 bridgehead atoms. The van der Waals surface area contributed by atoms with Gasteiger partial charge < -0.3 is 14.8 Å². The average molecular weight is 377 g/mol. The van der Waals surface area contributed by atoms with Crippen molar-refractivity contribution in [2.75, 3.05) is 0 Å². The first-order valence-electron chi connectivity index (χ1n) is 8.20. The number of hydrogen-bond acceptors (Lipinski definition) is 6. The van der Waals surface area contributed by atoms with Gasteiger partial charge in [-0.05, 0) is 28.5 Å². The van der Waals surface area contributed by atoms with E-state index in [2.05, 4.69) is 5.32 Å². The number of nitrogens with one attached hydrogen (secondary N) is 1. The lowest BCUT2D eigenvalue weighted by Crippen LogP contribution is -2.37. The zero-order chi connectivity index (χ0) is 19.5. The number of carbonyl (C=O) groups is 3. The molecule has 26 heavy (non-hydrogen) atoms. The highest BCUT2D eigenvalue weighted by Gasteiger charge is 2.34. The van der Waals surface area contributed by atoms with Crippen LogP contribution in [0.1, 0.15) is 51.8 Å². The van der Waals surface area contributed by atoms with Crippen LogP contribution in [0.4, 0.5) is 0 Å². The fourth-order valence-electron chi connectivity index (χ4n) is 2.63. The van der Waals surface area contributed by atoms with Crippen LogP contribution in [0.15, 0.2) is 29.8 Å². The van der Waals surface area contributed by atoms with Gasteiger partial charge in [-0.2, -0.15) is 0 Å². The van der Waals surface area contributed by atoms with Crippen molar-refractivity contribution in [3.05, 3.63) is 40.9 Å². The molecule has 1 aromatic rings. The van der Waals surface area contributed by atoms with Crippen LogP contribution in [0, 0.1) is 0 Å². The van der Waals surface area contributed by atoms with E-state index in [9.17, 15) is 14.4 Å². The van der Waals surface area contributed by atoms with E-state index in [1.54, 1.807) is 23.7 Å². The molecule has 0 fully saturated rings. The van der Waals surface area contributed by atoms with E-state index in [1.807, 2.05) is 26.8 Å². The number of hydrogen-bond donors (Lipinski definition) is 1. The summed E-state index contributed by atoms with van der Waals surface area (Å²) in [6.07, 6.45) is 0.800. The van der Waals surface area contributed by atoms with Crippen LogP contribution in [0.25, 0.3) is 0 Å². The summed E-state index contributed by atoms with van der Waals surface area (Å²) in [6.45, 7) is 8.63. The molecular weight excluding hydrogens is 354 g/mol. The fourth-order valence-corrected chi connectivity index (χ4v) is 3.49. The Morgan fingerprint density at radius 3 is 2.42 bits per heavy atom. The zero-order valence-electron chi connectivity index (χ0n) is 15.5. The van der Waals surface area contributed by atoms with E-state index in [0.717, 1.165) is 5.56 Å². The summed E-state index contributed by atoms with van der Waals surface area (Å²) in [5.41, 5.74) is 1.15. The molecule has 2 atom stereocenters. The lowest BCUT2D eigenvalue weighted by molar-refractivity contribution is -0.147. The van der Waals surface area contributed by atoms with E-state index in [0.29, 0.717) is 11.3 Å². The van der Waals surface area contributed by atoms with E-state index in [4.69, 9.17) is 9.47 Å². The van der Waals surface area contributed by atoms with Gasteiger partial charge in [-0.1, -0.05) is 26.8 Å². The van der Waals surface area contributed by atoms with E-state index in [-0.39, 0.29) is 11.3 Å². The zero-order valence-corrected chi connectivity index (χ0v) is 16.3. The van der Waals surface area contributed by atoms with E-state index < -0.39 is 23.3 Å². The van der Waals surface area contributed by atoms with Gasteiger partial charge in [0.2, 0.25) is 5.91 Å². The molecule has 0 spiro atoms. The van der Waals surface area contributed by atoms with Crippen LogP contribution >= 0.6 is 11.8 Å². The van der Waals surface area contributed by atoms with Crippen molar-refractivity contribution in [3.63, 3.8) is 0 Å². The number of amides is 1. The number of thioether (sulfide) groups is 1. The highest BCUT2D eigenvalue weighted by molar-refractivity contribution is 8.03. The summed E-state index contributed by atoms with van der Waals surface area (Å²) >= 11 is 1.29. The smallest absolute Gasteiger partial charge is 0.308 e. The Kier molecular flexibility index (Phi) is 6.13. The van der Waals surface area contributed by atoms with Gasteiger partial charge in [-0.25, -0.2) is 0 Å². The van der Waals surface area contributed by atoms with Crippen molar-refractivity contribution >= 4 is 29.6 Å². The molecule has 2 rings (SSSR count). The number of carbonyl (C=O) groups excluding carboxylic acids is 3. The van der Waals surface area contributed by atoms with Crippen LogP contribution in [-0.2, 0) is 24.5 Å². The molecule has 1 aromatic carbocycles. The van der Waals surface area contributed by atoms with Gasteiger partial charge in [0.1, 0.15) is 17.1 Å². The standard InChI is InChI=1S/C19H23NO5S/c1-11(21)24-15-7-6-13(10-14(15)19(3,4)5)16(25-12(2)22)17-18(23)20-8-9-26-17/h6-10,16-17H,1-5H3,(H,20,23). The van der Waals surface area contributed by atoms with E-state index >= 15 is 0 Å². The molecule has 1 aliphatic rings.